The second-order valence-corrected chi connectivity index (χ2v) is 5.74. The molecule has 3 heteroatoms. The average molecular weight is 344 g/mol. The molecule has 0 saturated carbocycles. The number of para-hydroxylation sites is 1. The van der Waals surface area contributed by atoms with Crippen molar-refractivity contribution in [3.8, 4) is 11.5 Å². The topological polar surface area (TPSA) is 35.5 Å². The Morgan fingerprint density at radius 2 is 1.58 bits per heavy atom. The first-order valence-corrected chi connectivity index (χ1v) is 8.38. The van der Waals surface area contributed by atoms with Crippen molar-refractivity contribution in [2.75, 3.05) is 7.11 Å². The van der Waals surface area contributed by atoms with Crippen molar-refractivity contribution in [1.29, 1.82) is 0 Å². The smallest absolute Gasteiger partial charge is 0.185 e. The molecule has 0 unspecified atom stereocenters. The van der Waals surface area contributed by atoms with Crippen LogP contribution in [-0.4, -0.2) is 12.9 Å². The third-order valence-electron chi connectivity index (χ3n) is 3.94. The van der Waals surface area contributed by atoms with Gasteiger partial charge in [0.1, 0.15) is 18.1 Å². The van der Waals surface area contributed by atoms with Crippen molar-refractivity contribution >= 4 is 11.9 Å². The van der Waals surface area contributed by atoms with Crippen molar-refractivity contribution in [3.05, 3.63) is 102 Å². The number of hydrogen-bond acceptors (Lipinski definition) is 3. The molecule has 0 N–H and O–H groups in total. The molecule has 0 aliphatic carbocycles. The van der Waals surface area contributed by atoms with Gasteiger partial charge in [0, 0.05) is 11.1 Å². The molecule has 0 atom stereocenters. The predicted molar refractivity (Wildman–Crippen MR) is 104 cm³/mol. The molecular formula is C23H20O3. The van der Waals surface area contributed by atoms with Gasteiger partial charge in [-0.3, -0.25) is 4.79 Å². The summed E-state index contributed by atoms with van der Waals surface area (Å²) < 4.78 is 11.1. The molecule has 0 aromatic heterocycles. The molecule has 0 fully saturated rings. The van der Waals surface area contributed by atoms with E-state index in [0.717, 1.165) is 22.6 Å². The SMILES string of the molecule is COc1ccc(COc2ccccc2/C=C/C(=O)c2ccccc2)cc1. The summed E-state index contributed by atoms with van der Waals surface area (Å²) in [4.78, 5) is 12.2. The van der Waals surface area contributed by atoms with Crippen LogP contribution in [0, 0.1) is 0 Å². The van der Waals surface area contributed by atoms with Gasteiger partial charge in [0.25, 0.3) is 0 Å². The van der Waals surface area contributed by atoms with Gasteiger partial charge in [-0.2, -0.15) is 0 Å². The molecule has 3 rings (SSSR count). The maximum absolute atomic E-state index is 12.2. The second kappa shape index (κ2) is 8.67. The Kier molecular flexibility index (Phi) is 5.84. The Bertz CT molecular complexity index is 881. The molecule has 0 amide bonds. The van der Waals surface area contributed by atoms with Gasteiger partial charge in [-0.25, -0.2) is 0 Å². The van der Waals surface area contributed by atoms with Crippen LogP contribution in [0.4, 0.5) is 0 Å². The Labute approximate surface area is 153 Å². The molecule has 0 radical (unpaired) electrons. The van der Waals surface area contributed by atoms with Crippen molar-refractivity contribution in [3.63, 3.8) is 0 Å². The largest absolute Gasteiger partial charge is 0.497 e. The zero-order chi connectivity index (χ0) is 18.2. The fraction of sp³-hybridized carbons (Fsp3) is 0.0870. The van der Waals surface area contributed by atoms with Crippen LogP contribution in [0.1, 0.15) is 21.5 Å². The van der Waals surface area contributed by atoms with Gasteiger partial charge in [-0.1, -0.05) is 60.7 Å². The summed E-state index contributed by atoms with van der Waals surface area (Å²) >= 11 is 0. The van der Waals surface area contributed by atoms with Gasteiger partial charge >= 0.3 is 0 Å². The molecular weight excluding hydrogens is 324 g/mol. The number of hydrogen-bond donors (Lipinski definition) is 0. The fourth-order valence-electron chi connectivity index (χ4n) is 2.50. The van der Waals surface area contributed by atoms with Gasteiger partial charge in [0.15, 0.2) is 5.78 Å². The second-order valence-electron chi connectivity index (χ2n) is 5.74. The summed E-state index contributed by atoms with van der Waals surface area (Å²) in [5.74, 6) is 1.52. The van der Waals surface area contributed by atoms with E-state index in [1.807, 2.05) is 66.7 Å². The lowest BCUT2D eigenvalue weighted by Crippen LogP contribution is -1.97. The summed E-state index contributed by atoms with van der Waals surface area (Å²) in [6.07, 6.45) is 3.36. The Morgan fingerprint density at radius 3 is 2.31 bits per heavy atom. The molecule has 0 heterocycles. The molecule has 0 spiro atoms. The lowest BCUT2D eigenvalue weighted by Gasteiger charge is -2.09. The number of allylic oxidation sites excluding steroid dienone is 1. The van der Waals surface area contributed by atoms with Gasteiger partial charge in [0.2, 0.25) is 0 Å². The van der Waals surface area contributed by atoms with Gasteiger partial charge in [-0.15, -0.1) is 0 Å². The van der Waals surface area contributed by atoms with E-state index in [2.05, 4.69) is 0 Å². The third-order valence-corrected chi connectivity index (χ3v) is 3.94. The maximum Gasteiger partial charge on any atom is 0.185 e. The Hall–Kier alpha value is -3.33. The zero-order valence-electron chi connectivity index (χ0n) is 14.6. The number of ether oxygens (including phenoxy) is 2. The number of carbonyl (C=O) groups is 1. The van der Waals surface area contributed by atoms with E-state index in [0.29, 0.717) is 12.2 Å². The van der Waals surface area contributed by atoms with Crippen molar-refractivity contribution < 1.29 is 14.3 Å². The van der Waals surface area contributed by atoms with Gasteiger partial charge < -0.3 is 9.47 Å². The Morgan fingerprint density at radius 1 is 0.885 bits per heavy atom. The highest BCUT2D eigenvalue weighted by Gasteiger charge is 2.04. The molecule has 0 bridgehead atoms. The van der Waals surface area contributed by atoms with Crippen LogP contribution in [0.2, 0.25) is 0 Å². The standard InChI is InChI=1S/C23H20O3/c1-25-21-14-11-18(12-15-21)17-26-23-10-6-5-9-20(23)13-16-22(24)19-7-3-2-4-8-19/h2-16H,17H2,1H3/b16-13+. The van der Waals surface area contributed by atoms with E-state index < -0.39 is 0 Å². The third kappa shape index (κ3) is 4.61. The predicted octanol–water partition coefficient (Wildman–Crippen LogP) is 5.17. The van der Waals surface area contributed by atoms with E-state index in [9.17, 15) is 4.79 Å². The minimum absolute atomic E-state index is 0.0319. The lowest BCUT2D eigenvalue weighted by molar-refractivity contribution is 0.104. The molecule has 3 aromatic carbocycles. The number of benzene rings is 3. The van der Waals surface area contributed by atoms with Crippen LogP contribution in [0.5, 0.6) is 11.5 Å². The van der Waals surface area contributed by atoms with Crippen LogP contribution in [-0.2, 0) is 6.61 Å². The summed E-state index contributed by atoms with van der Waals surface area (Å²) in [5, 5.41) is 0. The number of rotatable bonds is 7. The first-order valence-electron chi connectivity index (χ1n) is 8.38. The number of methoxy groups -OCH3 is 1. The summed E-state index contributed by atoms with van der Waals surface area (Å²) in [6, 6.07) is 24.6. The normalized spacial score (nSPS) is 10.7. The van der Waals surface area contributed by atoms with Crippen LogP contribution >= 0.6 is 0 Å². The minimum Gasteiger partial charge on any atom is -0.497 e. The Balaban J connectivity index is 1.69. The van der Waals surface area contributed by atoms with Gasteiger partial charge in [0.05, 0.1) is 7.11 Å². The highest BCUT2D eigenvalue weighted by Crippen LogP contribution is 2.22. The molecule has 130 valence electrons. The molecule has 0 aliphatic rings. The minimum atomic E-state index is -0.0319. The first-order chi connectivity index (χ1) is 12.8. The average Bonchev–Trinajstić information content (AvgIpc) is 2.72. The summed E-state index contributed by atoms with van der Waals surface area (Å²) in [6.45, 7) is 0.446. The van der Waals surface area contributed by atoms with E-state index in [4.69, 9.17) is 9.47 Å². The first kappa shape index (κ1) is 17.5. The van der Waals surface area contributed by atoms with E-state index in [1.54, 1.807) is 31.4 Å². The molecule has 26 heavy (non-hydrogen) atoms. The number of carbonyl (C=O) groups excluding carboxylic acids is 1. The van der Waals surface area contributed by atoms with Crippen molar-refractivity contribution in [1.82, 2.24) is 0 Å². The monoisotopic (exact) mass is 344 g/mol. The summed E-state index contributed by atoms with van der Waals surface area (Å²) in [5.41, 5.74) is 2.58. The lowest BCUT2D eigenvalue weighted by atomic mass is 10.1. The van der Waals surface area contributed by atoms with Crippen LogP contribution < -0.4 is 9.47 Å². The highest BCUT2D eigenvalue weighted by molar-refractivity contribution is 6.06. The van der Waals surface area contributed by atoms with Crippen LogP contribution in [0.25, 0.3) is 6.08 Å². The van der Waals surface area contributed by atoms with E-state index in [1.165, 1.54) is 0 Å². The zero-order valence-corrected chi connectivity index (χ0v) is 14.6. The quantitative estimate of drug-likeness (QED) is 0.438. The molecule has 3 aromatic rings. The van der Waals surface area contributed by atoms with E-state index in [-0.39, 0.29) is 5.78 Å². The molecule has 3 nitrogen and oxygen atoms in total. The van der Waals surface area contributed by atoms with Crippen LogP contribution in [0.15, 0.2) is 84.9 Å². The highest BCUT2D eigenvalue weighted by atomic mass is 16.5. The summed E-state index contributed by atoms with van der Waals surface area (Å²) in [7, 11) is 1.64. The van der Waals surface area contributed by atoms with Crippen molar-refractivity contribution in [2.45, 2.75) is 6.61 Å². The molecule has 0 saturated heterocycles. The fourth-order valence-corrected chi connectivity index (χ4v) is 2.50. The molecule has 0 aliphatic heterocycles. The van der Waals surface area contributed by atoms with Crippen LogP contribution in [0.3, 0.4) is 0 Å². The van der Waals surface area contributed by atoms with Gasteiger partial charge in [-0.05, 0) is 35.9 Å². The van der Waals surface area contributed by atoms with E-state index >= 15 is 0 Å². The maximum atomic E-state index is 12.2. The van der Waals surface area contributed by atoms with Crippen molar-refractivity contribution in [2.24, 2.45) is 0 Å². The number of ketones is 1.